The van der Waals surface area contributed by atoms with Crippen LogP contribution < -0.4 is 5.73 Å². The van der Waals surface area contributed by atoms with Crippen LogP contribution in [0.4, 0.5) is 5.69 Å². The van der Waals surface area contributed by atoms with Gasteiger partial charge < -0.3 is 10.5 Å². The highest BCUT2D eigenvalue weighted by molar-refractivity contribution is 7.99. The van der Waals surface area contributed by atoms with Crippen LogP contribution in [-0.4, -0.2) is 17.8 Å². The Balaban J connectivity index is 2.47. The van der Waals surface area contributed by atoms with E-state index in [1.807, 2.05) is 38.1 Å². The molecule has 0 aliphatic carbocycles. The number of ether oxygens (including phenoxy) is 1. The van der Waals surface area contributed by atoms with Gasteiger partial charge in [-0.1, -0.05) is 19.1 Å². The smallest absolute Gasteiger partial charge is 0.319 e. The van der Waals surface area contributed by atoms with Crippen molar-refractivity contribution in [2.75, 3.05) is 12.3 Å². The van der Waals surface area contributed by atoms with E-state index >= 15 is 0 Å². The Morgan fingerprint density at radius 2 is 2.00 bits per heavy atom. The third-order valence-electron chi connectivity index (χ3n) is 2.35. The molecule has 17 heavy (non-hydrogen) atoms. The number of thioether (sulfide) groups is 1. The Morgan fingerprint density at radius 1 is 1.35 bits per heavy atom. The molecule has 0 bridgehead atoms. The van der Waals surface area contributed by atoms with Gasteiger partial charge in [-0.05, 0) is 31.0 Å². The van der Waals surface area contributed by atoms with Crippen LogP contribution in [0, 0.1) is 0 Å². The molecule has 4 heteroatoms. The molecule has 0 heterocycles. The second kappa shape index (κ2) is 7.22. The molecule has 1 unspecified atom stereocenters. The molecule has 0 radical (unpaired) electrons. The first-order valence-corrected chi connectivity index (χ1v) is 6.84. The summed E-state index contributed by atoms with van der Waals surface area (Å²) in [5.41, 5.74) is 7.55. The SMILES string of the molecule is CCOC(=O)C(CC)SCc1ccc(N)cc1. The molecule has 0 aliphatic rings. The number of anilines is 1. The fraction of sp³-hybridized carbons (Fsp3) is 0.462. The Morgan fingerprint density at radius 3 is 2.53 bits per heavy atom. The third kappa shape index (κ3) is 4.69. The van der Waals surface area contributed by atoms with E-state index in [-0.39, 0.29) is 11.2 Å². The Bertz CT molecular complexity index is 351. The number of hydrogen-bond acceptors (Lipinski definition) is 4. The van der Waals surface area contributed by atoms with Gasteiger partial charge in [0.1, 0.15) is 5.25 Å². The number of nitrogens with two attached hydrogens (primary N) is 1. The highest BCUT2D eigenvalue weighted by atomic mass is 32.2. The molecule has 1 aromatic rings. The zero-order valence-corrected chi connectivity index (χ0v) is 11.1. The first-order chi connectivity index (χ1) is 8.17. The summed E-state index contributed by atoms with van der Waals surface area (Å²) in [6.07, 6.45) is 0.790. The van der Waals surface area contributed by atoms with E-state index in [0.29, 0.717) is 6.61 Å². The maximum atomic E-state index is 11.6. The molecule has 0 aromatic heterocycles. The summed E-state index contributed by atoms with van der Waals surface area (Å²) >= 11 is 1.61. The van der Waals surface area contributed by atoms with Gasteiger partial charge in [0.05, 0.1) is 6.61 Å². The lowest BCUT2D eigenvalue weighted by Gasteiger charge is -2.13. The second-order valence-electron chi connectivity index (χ2n) is 3.70. The lowest BCUT2D eigenvalue weighted by atomic mass is 10.2. The minimum Gasteiger partial charge on any atom is -0.465 e. The molecule has 1 rings (SSSR count). The van der Waals surface area contributed by atoms with Crippen molar-refractivity contribution in [3.05, 3.63) is 29.8 Å². The monoisotopic (exact) mass is 253 g/mol. The van der Waals surface area contributed by atoms with Gasteiger partial charge in [0.25, 0.3) is 0 Å². The minimum atomic E-state index is -0.115. The normalized spacial score (nSPS) is 12.1. The average molecular weight is 253 g/mol. The van der Waals surface area contributed by atoms with Crippen molar-refractivity contribution in [2.24, 2.45) is 0 Å². The highest BCUT2D eigenvalue weighted by Crippen LogP contribution is 2.22. The van der Waals surface area contributed by atoms with Crippen molar-refractivity contribution in [3.8, 4) is 0 Å². The number of hydrogen-bond donors (Lipinski definition) is 1. The summed E-state index contributed by atoms with van der Waals surface area (Å²) in [6, 6.07) is 7.73. The van der Waals surface area contributed by atoms with Gasteiger partial charge in [0, 0.05) is 11.4 Å². The Hall–Kier alpha value is -1.16. The van der Waals surface area contributed by atoms with E-state index < -0.39 is 0 Å². The standard InChI is InChI=1S/C13H19NO2S/c1-3-12(13(15)16-4-2)17-9-10-5-7-11(14)8-6-10/h5-8,12H,3-4,9,14H2,1-2H3. The van der Waals surface area contributed by atoms with Crippen LogP contribution in [0.15, 0.2) is 24.3 Å². The summed E-state index contributed by atoms with van der Waals surface area (Å²) in [5.74, 6) is 0.688. The van der Waals surface area contributed by atoms with Crippen LogP contribution >= 0.6 is 11.8 Å². The van der Waals surface area contributed by atoms with E-state index in [1.54, 1.807) is 11.8 Å². The van der Waals surface area contributed by atoms with Gasteiger partial charge >= 0.3 is 5.97 Å². The number of rotatable bonds is 6. The predicted octanol–water partition coefficient (Wildman–Crippen LogP) is 2.84. The van der Waals surface area contributed by atoms with Crippen molar-refractivity contribution >= 4 is 23.4 Å². The molecular formula is C13H19NO2S. The van der Waals surface area contributed by atoms with Gasteiger partial charge in [-0.25, -0.2) is 0 Å². The molecule has 2 N–H and O–H groups in total. The van der Waals surface area contributed by atoms with Crippen molar-refractivity contribution in [2.45, 2.75) is 31.3 Å². The van der Waals surface area contributed by atoms with E-state index in [0.717, 1.165) is 17.9 Å². The number of benzene rings is 1. The van der Waals surface area contributed by atoms with Crippen LogP contribution in [-0.2, 0) is 15.3 Å². The maximum absolute atomic E-state index is 11.6. The first kappa shape index (κ1) is 13.9. The summed E-state index contributed by atoms with van der Waals surface area (Å²) in [5, 5.41) is -0.0764. The molecule has 1 aromatic carbocycles. The molecule has 0 saturated heterocycles. The minimum absolute atomic E-state index is 0.0764. The maximum Gasteiger partial charge on any atom is 0.319 e. The van der Waals surface area contributed by atoms with Crippen molar-refractivity contribution in [1.29, 1.82) is 0 Å². The van der Waals surface area contributed by atoms with E-state index in [1.165, 1.54) is 5.56 Å². The second-order valence-corrected chi connectivity index (χ2v) is 4.89. The van der Waals surface area contributed by atoms with Crippen molar-refractivity contribution in [1.82, 2.24) is 0 Å². The fourth-order valence-corrected chi connectivity index (χ4v) is 2.42. The van der Waals surface area contributed by atoms with Gasteiger partial charge in [0.2, 0.25) is 0 Å². The largest absolute Gasteiger partial charge is 0.465 e. The number of nitrogen functional groups attached to an aromatic ring is 1. The van der Waals surface area contributed by atoms with E-state index in [2.05, 4.69) is 0 Å². The van der Waals surface area contributed by atoms with E-state index in [9.17, 15) is 4.79 Å². The molecular weight excluding hydrogens is 234 g/mol. The molecule has 3 nitrogen and oxygen atoms in total. The van der Waals surface area contributed by atoms with Crippen molar-refractivity contribution < 1.29 is 9.53 Å². The lowest BCUT2D eigenvalue weighted by molar-refractivity contribution is -0.142. The highest BCUT2D eigenvalue weighted by Gasteiger charge is 2.17. The van der Waals surface area contributed by atoms with Crippen LogP contribution in [0.1, 0.15) is 25.8 Å². The van der Waals surface area contributed by atoms with Crippen LogP contribution in [0.3, 0.4) is 0 Å². The lowest BCUT2D eigenvalue weighted by Crippen LogP contribution is -2.19. The summed E-state index contributed by atoms with van der Waals surface area (Å²) < 4.78 is 5.02. The van der Waals surface area contributed by atoms with Crippen LogP contribution in [0.25, 0.3) is 0 Å². The Labute approximate surface area is 107 Å². The predicted molar refractivity (Wildman–Crippen MR) is 72.9 cm³/mol. The first-order valence-electron chi connectivity index (χ1n) is 5.80. The quantitative estimate of drug-likeness (QED) is 0.625. The molecule has 0 fully saturated rings. The molecule has 1 atom stereocenters. The van der Waals surface area contributed by atoms with Gasteiger partial charge in [-0.15, -0.1) is 11.8 Å². The topological polar surface area (TPSA) is 52.3 Å². The summed E-state index contributed by atoms with van der Waals surface area (Å²) in [7, 11) is 0. The zero-order chi connectivity index (χ0) is 12.7. The van der Waals surface area contributed by atoms with Gasteiger partial charge in [0.15, 0.2) is 0 Å². The fourth-order valence-electron chi connectivity index (χ4n) is 1.40. The summed E-state index contributed by atoms with van der Waals surface area (Å²) in [6.45, 7) is 4.27. The van der Waals surface area contributed by atoms with Gasteiger partial charge in [-0.3, -0.25) is 4.79 Å². The van der Waals surface area contributed by atoms with Gasteiger partial charge in [-0.2, -0.15) is 0 Å². The van der Waals surface area contributed by atoms with Crippen LogP contribution in [0.5, 0.6) is 0 Å². The number of carbonyl (C=O) groups excluding carboxylic acids is 1. The van der Waals surface area contributed by atoms with Crippen molar-refractivity contribution in [3.63, 3.8) is 0 Å². The van der Waals surface area contributed by atoms with E-state index in [4.69, 9.17) is 10.5 Å². The molecule has 0 amide bonds. The number of esters is 1. The molecule has 0 spiro atoms. The molecule has 94 valence electrons. The molecule has 0 saturated carbocycles. The van der Waals surface area contributed by atoms with Crippen LogP contribution in [0.2, 0.25) is 0 Å². The molecule has 0 aliphatic heterocycles. The summed E-state index contributed by atoms with van der Waals surface area (Å²) in [4.78, 5) is 11.6. The zero-order valence-electron chi connectivity index (χ0n) is 10.3. The Kier molecular flexibility index (Phi) is 5.91. The average Bonchev–Trinajstić information content (AvgIpc) is 2.32. The third-order valence-corrected chi connectivity index (χ3v) is 3.78. The number of carbonyl (C=O) groups is 1.